The number of benzene rings is 2. The molecule has 0 fully saturated rings. The predicted octanol–water partition coefficient (Wildman–Crippen LogP) is 5.30. The van der Waals surface area contributed by atoms with Crippen LogP contribution in [0.15, 0.2) is 53.9 Å². The van der Waals surface area contributed by atoms with Crippen LogP contribution >= 0.6 is 11.3 Å². The third kappa shape index (κ3) is 3.37. The van der Waals surface area contributed by atoms with Crippen molar-refractivity contribution in [1.29, 1.82) is 0 Å². The lowest BCUT2D eigenvalue weighted by Gasteiger charge is -2.15. The lowest BCUT2D eigenvalue weighted by atomic mass is 10.2. The first-order valence-electron chi connectivity index (χ1n) is 7.18. The minimum Gasteiger partial charge on any atom is -0.491 e. The zero-order valence-electron chi connectivity index (χ0n) is 12.3. The van der Waals surface area contributed by atoms with Crippen molar-refractivity contribution in [2.45, 2.75) is 26.5 Å². The number of thiophene rings is 1. The van der Waals surface area contributed by atoms with Crippen LogP contribution in [0.1, 0.15) is 19.4 Å². The van der Waals surface area contributed by atoms with E-state index >= 15 is 0 Å². The van der Waals surface area contributed by atoms with Crippen LogP contribution in [0.25, 0.3) is 10.1 Å². The van der Waals surface area contributed by atoms with Gasteiger partial charge in [-0.25, -0.2) is 0 Å². The van der Waals surface area contributed by atoms with E-state index in [9.17, 15) is 0 Å². The molecule has 0 aliphatic rings. The van der Waals surface area contributed by atoms with Crippen LogP contribution in [0, 0.1) is 0 Å². The van der Waals surface area contributed by atoms with Crippen molar-refractivity contribution in [3.8, 4) is 5.75 Å². The van der Waals surface area contributed by atoms with Crippen molar-refractivity contribution >= 4 is 27.1 Å². The van der Waals surface area contributed by atoms with Crippen molar-refractivity contribution in [3.05, 3.63) is 59.5 Å². The van der Waals surface area contributed by atoms with Gasteiger partial charge in [-0.2, -0.15) is 0 Å². The molecule has 0 aliphatic heterocycles. The van der Waals surface area contributed by atoms with E-state index < -0.39 is 0 Å². The Morgan fingerprint density at radius 1 is 1.10 bits per heavy atom. The van der Waals surface area contributed by atoms with E-state index in [0.29, 0.717) is 0 Å². The number of para-hydroxylation sites is 1. The second-order valence-electron chi connectivity index (χ2n) is 5.30. The quantitative estimate of drug-likeness (QED) is 0.690. The average Bonchev–Trinajstić information content (AvgIpc) is 2.93. The molecule has 3 aromatic rings. The van der Waals surface area contributed by atoms with Crippen LogP contribution in [0.3, 0.4) is 0 Å². The van der Waals surface area contributed by atoms with Crippen molar-refractivity contribution in [1.82, 2.24) is 0 Å². The van der Waals surface area contributed by atoms with Gasteiger partial charge in [0.05, 0.1) is 6.10 Å². The van der Waals surface area contributed by atoms with Crippen molar-refractivity contribution in [3.63, 3.8) is 0 Å². The Morgan fingerprint density at radius 2 is 1.95 bits per heavy atom. The zero-order valence-corrected chi connectivity index (χ0v) is 13.1. The fourth-order valence-corrected chi connectivity index (χ4v) is 3.06. The van der Waals surface area contributed by atoms with Gasteiger partial charge >= 0.3 is 0 Å². The molecule has 0 unspecified atom stereocenters. The first kappa shape index (κ1) is 14.0. The number of ether oxygens (including phenoxy) is 1. The summed E-state index contributed by atoms with van der Waals surface area (Å²) in [5.74, 6) is 0.955. The van der Waals surface area contributed by atoms with Gasteiger partial charge in [-0.3, -0.25) is 0 Å². The highest BCUT2D eigenvalue weighted by molar-refractivity contribution is 7.17. The Hall–Kier alpha value is -2.00. The molecular formula is C18H19NOS. The van der Waals surface area contributed by atoms with Crippen LogP contribution in [0.4, 0.5) is 5.69 Å². The highest BCUT2D eigenvalue weighted by Gasteiger charge is 2.05. The monoisotopic (exact) mass is 297 g/mol. The summed E-state index contributed by atoms with van der Waals surface area (Å²) in [6, 6.07) is 16.8. The fourth-order valence-electron chi connectivity index (χ4n) is 2.29. The van der Waals surface area contributed by atoms with E-state index in [1.165, 1.54) is 15.6 Å². The molecule has 2 nitrogen and oxygen atoms in total. The Morgan fingerprint density at radius 3 is 2.81 bits per heavy atom. The minimum atomic E-state index is 0.188. The number of hydrogen-bond donors (Lipinski definition) is 1. The van der Waals surface area contributed by atoms with Gasteiger partial charge in [0.1, 0.15) is 5.75 Å². The topological polar surface area (TPSA) is 21.3 Å². The molecule has 2 aromatic carbocycles. The molecule has 0 radical (unpaired) electrons. The van der Waals surface area contributed by atoms with Crippen molar-refractivity contribution in [2.24, 2.45) is 0 Å². The number of rotatable bonds is 5. The molecule has 3 rings (SSSR count). The average molecular weight is 297 g/mol. The van der Waals surface area contributed by atoms with Crippen LogP contribution < -0.4 is 10.1 Å². The summed E-state index contributed by atoms with van der Waals surface area (Å²) < 4.78 is 7.18. The number of nitrogens with one attached hydrogen (secondary N) is 1. The van der Waals surface area contributed by atoms with Crippen molar-refractivity contribution in [2.75, 3.05) is 5.32 Å². The van der Waals surface area contributed by atoms with Gasteiger partial charge in [-0.1, -0.05) is 18.2 Å². The summed E-state index contributed by atoms with van der Waals surface area (Å²) in [6.45, 7) is 4.86. The molecule has 0 amide bonds. The molecule has 108 valence electrons. The van der Waals surface area contributed by atoms with Crippen LogP contribution in [-0.2, 0) is 6.54 Å². The molecule has 1 N–H and O–H groups in total. The lowest BCUT2D eigenvalue weighted by Crippen LogP contribution is -2.09. The highest BCUT2D eigenvalue weighted by atomic mass is 32.1. The van der Waals surface area contributed by atoms with E-state index in [4.69, 9.17) is 4.74 Å². The first-order valence-corrected chi connectivity index (χ1v) is 8.06. The smallest absolute Gasteiger partial charge is 0.124 e. The maximum absolute atomic E-state index is 5.85. The number of hydrogen-bond acceptors (Lipinski definition) is 3. The lowest BCUT2D eigenvalue weighted by molar-refractivity contribution is 0.240. The molecule has 0 bridgehead atoms. The second-order valence-corrected chi connectivity index (χ2v) is 6.25. The minimum absolute atomic E-state index is 0.188. The molecule has 1 heterocycles. The van der Waals surface area contributed by atoms with E-state index in [1.807, 2.05) is 18.2 Å². The Bertz CT molecular complexity index is 733. The summed E-state index contributed by atoms with van der Waals surface area (Å²) in [4.78, 5) is 0. The Labute approximate surface area is 129 Å². The van der Waals surface area contributed by atoms with E-state index in [0.717, 1.165) is 18.0 Å². The molecule has 0 spiro atoms. The fraction of sp³-hybridized carbons (Fsp3) is 0.222. The van der Waals surface area contributed by atoms with Crippen LogP contribution in [0.2, 0.25) is 0 Å². The normalized spacial score (nSPS) is 11.0. The van der Waals surface area contributed by atoms with Gasteiger partial charge in [0.2, 0.25) is 0 Å². The molecule has 21 heavy (non-hydrogen) atoms. The SMILES string of the molecule is CC(C)Oc1ccccc1CNc1ccc2sccc2c1. The molecule has 0 saturated heterocycles. The molecule has 3 heteroatoms. The third-order valence-electron chi connectivity index (χ3n) is 3.27. The summed E-state index contributed by atoms with van der Waals surface area (Å²) in [7, 11) is 0. The molecule has 0 aliphatic carbocycles. The van der Waals surface area contributed by atoms with Crippen LogP contribution in [0.5, 0.6) is 5.75 Å². The maximum atomic E-state index is 5.85. The number of anilines is 1. The van der Waals surface area contributed by atoms with Gasteiger partial charge in [0.25, 0.3) is 0 Å². The van der Waals surface area contributed by atoms with Crippen molar-refractivity contribution < 1.29 is 4.74 Å². The van der Waals surface area contributed by atoms with Gasteiger partial charge in [-0.05, 0) is 54.9 Å². The molecular weight excluding hydrogens is 278 g/mol. The summed E-state index contributed by atoms with van der Waals surface area (Å²) >= 11 is 1.77. The predicted molar refractivity (Wildman–Crippen MR) is 91.4 cm³/mol. The highest BCUT2D eigenvalue weighted by Crippen LogP contribution is 2.25. The van der Waals surface area contributed by atoms with Crippen LogP contribution in [-0.4, -0.2) is 6.10 Å². The largest absolute Gasteiger partial charge is 0.491 e. The van der Waals surface area contributed by atoms with E-state index in [1.54, 1.807) is 11.3 Å². The zero-order chi connectivity index (χ0) is 14.7. The molecule has 0 atom stereocenters. The second kappa shape index (κ2) is 6.19. The van der Waals surface area contributed by atoms with Gasteiger partial charge in [0.15, 0.2) is 0 Å². The standard InChI is InChI=1S/C18H19NOS/c1-13(2)20-17-6-4-3-5-15(17)12-19-16-7-8-18-14(11-16)9-10-21-18/h3-11,13,19H,12H2,1-2H3. The molecule has 0 saturated carbocycles. The van der Waals surface area contributed by atoms with E-state index in [-0.39, 0.29) is 6.10 Å². The van der Waals surface area contributed by atoms with Gasteiger partial charge < -0.3 is 10.1 Å². The summed E-state index contributed by atoms with van der Waals surface area (Å²) in [6.07, 6.45) is 0.188. The maximum Gasteiger partial charge on any atom is 0.124 e. The molecule has 1 aromatic heterocycles. The first-order chi connectivity index (χ1) is 10.2. The summed E-state index contributed by atoms with van der Waals surface area (Å²) in [5.41, 5.74) is 2.32. The van der Waals surface area contributed by atoms with Gasteiger partial charge in [0, 0.05) is 22.5 Å². The summed E-state index contributed by atoms with van der Waals surface area (Å²) in [5, 5.41) is 6.89. The Balaban J connectivity index is 1.74. The Kier molecular flexibility index (Phi) is 4.11. The number of fused-ring (bicyclic) bond motifs is 1. The third-order valence-corrected chi connectivity index (χ3v) is 4.17. The van der Waals surface area contributed by atoms with E-state index in [2.05, 4.69) is 54.9 Å². The van der Waals surface area contributed by atoms with Gasteiger partial charge in [-0.15, -0.1) is 11.3 Å².